The highest BCUT2D eigenvalue weighted by molar-refractivity contribution is 7.26. The summed E-state index contributed by atoms with van der Waals surface area (Å²) >= 11 is 1.88. The first kappa shape index (κ1) is 32.7. The van der Waals surface area contributed by atoms with Crippen LogP contribution in [-0.4, -0.2) is 0 Å². The smallest absolute Gasteiger partial charge is 0.0540 e. The van der Waals surface area contributed by atoms with Gasteiger partial charge in [-0.3, -0.25) is 0 Å². The summed E-state index contributed by atoms with van der Waals surface area (Å²) in [5, 5.41) is 5.10. The summed E-state index contributed by atoms with van der Waals surface area (Å²) in [6.07, 6.45) is 0. The maximum atomic E-state index is 2.48. The zero-order chi connectivity index (χ0) is 37.2. The van der Waals surface area contributed by atoms with Gasteiger partial charge in [0.1, 0.15) is 0 Å². The van der Waals surface area contributed by atoms with Gasteiger partial charge in [-0.15, -0.1) is 11.3 Å². The first-order valence-electron chi connectivity index (χ1n) is 19.3. The largest absolute Gasteiger partial charge is 0.310 e. The number of rotatable bonds is 6. The third-order valence-corrected chi connectivity index (χ3v) is 13.2. The summed E-state index contributed by atoms with van der Waals surface area (Å²) in [7, 11) is 0. The molecule has 9 aromatic carbocycles. The highest BCUT2D eigenvalue weighted by Crippen LogP contribution is 2.54. The Balaban J connectivity index is 1.15. The van der Waals surface area contributed by atoms with E-state index in [9.17, 15) is 0 Å². The zero-order valence-electron chi connectivity index (χ0n) is 31.0. The van der Waals surface area contributed by atoms with Crippen molar-refractivity contribution < 1.29 is 0 Å². The molecular weight excluding hydrogens is 695 g/mol. The molecule has 1 heterocycles. The van der Waals surface area contributed by atoms with E-state index in [1.54, 1.807) is 0 Å². The van der Waals surface area contributed by atoms with E-state index in [-0.39, 0.29) is 5.41 Å². The molecule has 0 aliphatic heterocycles. The lowest BCUT2D eigenvalue weighted by molar-refractivity contribution is 0.714. The summed E-state index contributed by atoms with van der Waals surface area (Å²) in [6.45, 7) is 2.40. The number of hydrogen-bond donors (Lipinski definition) is 0. The molecule has 0 radical (unpaired) electrons. The van der Waals surface area contributed by atoms with Crippen molar-refractivity contribution >= 4 is 59.3 Å². The predicted octanol–water partition coefficient (Wildman–Crippen LogP) is 15.3. The molecule has 1 nitrogen and oxygen atoms in total. The Morgan fingerprint density at radius 1 is 0.411 bits per heavy atom. The van der Waals surface area contributed by atoms with E-state index >= 15 is 0 Å². The Morgan fingerprint density at radius 3 is 1.98 bits per heavy atom. The van der Waals surface area contributed by atoms with Crippen LogP contribution in [0.1, 0.15) is 23.6 Å². The van der Waals surface area contributed by atoms with Crippen LogP contribution >= 0.6 is 11.3 Å². The number of fused-ring (bicyclic) bond motifs is 7. The molecule has 1 aliphatic rings. The molecule has 1 aromatic heterocycles. The lowest BCUT2D eigenvalue weighted by atomic mass is 9.74. The van der Waals surface area contributed by atoms with Crippen molar-refractivity contribution in [1.82, 2.24) is 0 Å². The number of thiophene rings is 1. The molecular formula is C54H37NS. The second-order valence-corrected chi connectivity index (χ2v) is 16.1. The molecule has 1 atom stereocenters. The van der Waals surface area contributed by atoms with Crippen molar-refractivity contribution in [1.29, 1.82) is 0 Å². The molecule has 0 N–H and O–H groups in total. The van der Waals surface area contributed by atoms with Gasteiger partial charge in [-0.2, -0.15) is 0 Å². The molecule has 1 unspecified atom stereocenters. The minimum absolute atomic E-state index is 0.314. The second kappa shape index (κ2) is 12.9. The molecule has 0 spiro atoms. The molecule has 0 saturated heterocycles. The molecule has 56 heavy (non-hydrogen) atoms. The van der Waals surface area contributed by atoms with Crippen molar-refractivity contribution in [3.05, 3.63) is 223 Å². The quantitative estimate of drug-likeness (QED) is 0.165. The Hall–Kier alpha value is -6.74. The average Bonchev–Trinajstić information content (AvgIpc) is 3.77. The van der Waals surface area contributed by atoms with Crippen LogP contribution in [0.2, 0.25) is 0 Å². The van der Waals surface area contributed by atoms with Crippen LogP contribution in [0.5, 0.6) is 0 Å². The highest BCUT2D eigenvalue weighted by atomic mass is 32.1. The van der Waals surface area contributed by atoms with Gasteiger partial charge in [-0.1, -0.05) is 164 Å². The SMILES string of the molecule is CC1(c2ccccc2)c2ccccc2-c2ccc(N(c3cccc(-c4cccc5c4sc4ccccc45)c3)c3ccccc3-c3ccc4ccccc4c3)cc21. The first-order chi connectivity index (χ1) is 27.6. The van der Waals surface area contributed by atoms with Gasteiger partial charge in [-0.25, -0.2) is 0 Å². The topological polar surface area (TPSA) is 3.24 Å². The Morgan fingerprint density at radius 2 is 1.07 bits per heavy atom. The third kappa shape index (κ3) is 5.07. The van der Waals surface area contributed by atoms with Gasteiger partial charge < -0.3 is 4.90 Å². The molecule has 10 aromatic rings. The van der Waals surface area contributed by atoms with Crippen LogP contribution in [0.4, 0.5) is 17.1 Å². The Labute approximate surface area is 331 Å². The zero-order valence-corrected chi connectivity index (χ0v) is 31.8. The van der Waals surface area contributed by atoms with E-state index in [1.165, 1.54) is 81.0 Å². The van der Waals surface area contributed by atoms with Crippen LogP contribution in [0, 0.1) is 0 Å². The number of anilines is 3. The molecule has 1 aliphatic carbocycles. The van der Waals surface area contributed by atoms with Crippen LogP contribution in [0.3, 0.4) is 0 Å². The third-order valence-electron chi connectivity index (χ3n) is 11.9. The number of hydrogen-bond acceptors (Lipinski definition) is 2. The number of nitrogens with zero attached hydrogens (tertiary/aromatic N) is 1. The van der Waals surface area contributed by atoms with E-state index in [1.807, 2.05) is 11.3 Å². The molecule has 2 heteroatoms. The monoisotopic (exact) mass is 731 g/mol. The van der Waals surface area contributed by atoms with E-state index < -0.39 is 0 Å². The van der Waals surface area contributed by atoms with Gasteiger partial charge in [0.2, 0.25) is 0 Å². The van der Waals surface area contributed by atoms with Crippen molar-refractivity contribution in [2.45, 2.75) is 12.3 Å². The summed E-state index contributed by atoms with van der Waals surface area (Å²) in [6, 6.07) is 76.1. The predicted molar refractivity (Wildman–Crippen MR) is 240 cm³/mol. The number of benzene rings is 9. The average molecular weight is 732 g/mol. The minimum Gasteiger partial charge on any atom is -0.310 e. The lowest BCUT2D eigenvalue weighted by Gasteiger charge is -2.32. The first-order valence-corrected chi connectivity index (χ1v) is 20.2. The van der Waals surface area contributed by atoms with E-state index in [0.717, 1.165) is 17.1 Å². The van der Waals surface area contributed by atoms with E-state index in [4.69, 9.17) is 0 Å². The molecule has 0 fully saturated rings. The molecule has 0 saturated carbocycles. The molecule has 264 valence electrons. The number of para-hydroxylation sites is 1. The van der Waals surface area contributed by atoms with Gasteiger partial charge in [0, 0.05) is 42.5 Å². The second-order valence-electron chi connectivity index (χ2n) is 15.0. The summed E-state index contributed by atoms with van der Waals surface area (Å²) in [4.78, 5) is 2.48. The Kier molecular flexibility index (Phi) is 7.55. The normalized spacial score (nSPS) is 14.6. The standard InChI is InChI=1S/C54H37NS/c1-54(40-18-3-2-4-19-40)49-26-10-7-22-45(49)46-32-31-42(35-50(46)54)55(51-27-11-8-21-43(51)39-30-29-36-15-5-6-16-37(36)33-39)41-20-13-17-38(34-41)44-24-14-25-48-47-23-9-12-28-52(47)56-53(44)48/h2-35H,1H3. The molecule has 0 amide bonds. The Bertz CT molecular complexity index is 3120. The fourth-order valence-electron chi connectivity index (χ4n) is 9.19. The fraction of sp³-hybridized carbons (Fsp3) is 0.0370. The van der Waals surface area contributed by atoms with Gasteiger partial charge in [0.15, 0.2) is 0 Å². The van der Waals surface area contributed by atoms with Crippen molar-refractivity contribution in [2.24, 2.45) is 0 Å². The summed E-state index contributed by atoms with van der Waals surface area (Å²) in [5.74, 6) is 0. The van der Waals surface area contributed by atoms with Gasteiger partial charge in [0.25, 0.3) is 0 Å². The van der Waals surface area contributed by atoms with Crippen molar-refractivity contribution in [2.75, 3.05) is 4.90 Å². The van der Waals surface area contributed by atoms with Gasteiger partial charge in [-0.05, 0) is 105 Å². The molecule has 11 rings (SSSR count). The highest BCUT2D eigenvalue weighted by Gasteiger charge is 2.41. The van der Waals surface area contributed by atoms with Gasteiger partial charge >= 0.3 is 0 Å². The maximum absolute atomic E-state index is 2.48. The van der Waals surface area contributed by atoms with Crippen molar-refractivity contribution in [3.63, 3.8) is 0 Å². The van der Waals surface area contributed by atoms with Crippen LogP contribution < -0.4 is 4.90 Å². The van der Waals surface area contributed by atoms with Crippen molar-refractivity contribution in [3.8, 4) is 33.4 Å². The van der Waals surface area contributed by atoms with Crippen LogP contribution in [0.15, 0.2) is 206 Å². The minimum atomic E-state index is -0.314. The van der Waals surface area contributed by atoms with E-state index in [2.05, 4.69) is 218 Å². The van der Waals surface area contributed by atoms with Crippen LogP contribution in [-0.2, 0) is 5.41 Å². The summed E-state index contributed by atoms with van der Waals surface area (Å²) < 4.78 is 2.64. The maximum Gasteiger partial charge on any atom is 0.0540 e. The lowest BCUT2D eigenvalue weighted by Crippen LogP contribution is -2.22. The van der Waals surface area contributed by atoms with E-state index in [0.29, 0.717) is 0 Å². The summed E-state index contributed by atoms with van der Waals surface area (Å²) in [5.41, 5.74) is 14.5. The fourth-order valence-corrected chi connectivity index (χ4v) is 10.4. The molecule has 0 bridgehead atoms. The van der Waals surface area contributed by atoms with Crippen LogP contribution in [0.25, 0.3) is 64.3 Å². The van der Waals surface area contributed by atoms with Gasteiger partial charge in [0.05, 0.1) is 5.69 Å².